The molecule has 0 saturated carbocycles. The Hall–Kier alpha value is -1.31. The van der Waals surface area contributed by atoms with Crippen LogP contribution in [0.3, 0.4) is 0 Å². The van der Waals surface area contributed by atoms with Gasteiger partial charge in [0.05, 0.1) is 15.5 Å². The number of nitro groups is 1. The Balaban J connectivity index is 2.95. The lowest BCUT2D eigenvalue weighted by molar-refractivity contribution is -0.385. The van der Waals surface area contributed by atoms with Crippen LogP contribution in [0.1, 0.15) is 19.4 Å². The van der Waals surface area contributed by atoms with E-state index in [4.69, 9.17) is 22.4 Å². The molecule has 0 spiro atoms. The van der Waals surface area contributed by atoms with Crippen molar-refractivity contribution >= 4 is 35.0 Å². The molecule has 0 amide bonds. The number of thioether (sulfide) groups is 1. The first kappa shape index (κ1) is 16.7. The van der Waals surface area contributed by atoms with E-state index in [1.807, 2.05) is 0 Å². The summed E-state index contributed by atoms with van der Waals surface area (Å²) in [6, 6.07) is 3.36. The maximum Gasteiger partial charge on any atom is 0.321 e. The smallest absolute Gasteiger partial charge is 0.321 e. The summed E-state index contributed by atoms with van der Waals surface area (Å²) < 4.78 is -0.779. The molecular formula is C12H15ClN2O4S. The van der Waals surface area contributed by atoms with Crippen LogP contribution in [0.2, 0.25) is 5.02 Å². The molecule has 0 fully saturated rings. The Morgan fingerprint density at radius 3 is 2.70 bits per heavy atom. The van der Waals surface area contributed by atoms with Gasteiger partial charge in [0.25, 0.3) is 5.69 Å². The molecule has 1 aromatic carbocycles. The van der Waals surface area contributed by atoms with Crippen molar-refractivity contribution in [2.75, 3.05) is 0 Å². The van der Waals surface area contributed by atoms with Crippen molar-refractivity contribution in [1.29, 1.82) is 0 Å². The van der Waals surface area contributed by atoms with Gasteiger partial charge in [0, 0.05) is 16.6 Å². The summed E-state index contributed by atoms with van der Waals surface area (Å²) in [6.07, 6.45) is 0. The van der Waals surface area contributed by atoms with Gasteiger partial charge in [0.1, 0.15) is 6.04 Å². The molecular weight excluding hydrogens is 304 g/mol. The second kappa shape index (κ2) is 6.43. The third-order valence-corrected chi connectivity index (χ3v) is 4.68. The number of carboxylic acids is 1. The molecule has 110 valence electrons. The molecule has 1 rings (SSSR count). The number of nitro benzene ring substituents is 1. The third-order valence-electron chi connectivity index (χ3n) is 2.89. The maximum atomic E-state index is 11.0. The number of nitrogens with zero attached hydrogens (tertiary/aromatic N) is 1. The van der Waals surface area contributed by atoms with Crippen molar-refractivity contribution in [3.8, 4) is 0 Å². The number of nitrogens with two attached hydrogens (primary N) is 1. The van der Waals surface area contributed by atoms with Crippen LogP contribution in [0.25, 0.3) is 0 Å². The van der Waals surface area contributed by atoms with Gasteiger partial charge in [-0.2, -0.15) is 0 Å². The van der Waals surface area contributed by atoms with Crippen molar-refractivity contribution < 1.29 is 14.8 Å². The van der Waals surface area contributed by atoms with Crippen molar-refractivity contribution in [1.82, 2.24) is 0 Å². The van der Waals surface area contributed by atoms with Gasteiger partial charge in [-0.1, -0.05) is 17.7 Å². The zero-order valence-corrected chi connectivity index (χ0v) is 12.6. The summed E-state index contributed by atoms with van der Waals surface area (Å²) >= 11 is 7.20. The monoisotopic (exact) mass is 318 g/mol. The Kier molecular flexibility index (Phi) is 5.38. The van der Waals surface area contributed by atoms with Crippen LogP contribution < -0.4 is 5.73 Å². The first-order valence-electron chi connectivity index (χ1n) is 5.71. The van der Waals surface area contributed by atoms with E-state index in [1.165, 1.54) is 23.9 Å². The Labute approximate surface area is 125 Å². The summed E-state index contributed by atoms with van der Waals surface area (Å²) in [5.74, 6) is -0.902. The van der Waals surface area contributed by atoms with Gasteiger partial charge in [0.2, 0.25) is 0 Å². The molecule has 0 aromatic heterocycles. The Morgan fingerprint density at radius 2 is 2.20 bits per heavy atom. The minimum atomic E-state index is -1.11. The molecule has 20 heavy (non-hydrogen) atoms. The highest BCUT2D eigenvalue weighted by Crippen LogP contribution is 2.36. The van der Waals surface area contributed by atoms with Crippen LogP contribution >= 0.6 is 23.4 Å². The Bertz CT molecular complexity index is 536. The van der Waals surface area contributed by atoms with E-state index in [1.54, 1.807) is 19.9 Å². The summed E-state index contributed by atoms with van der Waals surface area (Å²) in [5.41, 5.74) is 5.90. The van der Waals surface area contributed by atoms with E-state index < -0.39 is 21.7 Å². The molecule has 0 aliphatic heterocycles. The third kappa shape index (κ3) is 3.84. The summed E-state index contributed by atoms with van der Waals surface area (Å²) in [7, 11) is 0. The number of hydrogen-bond acceptors (Lipinski definition) is 5. The summed E-state index contributed by atoms with van der Waals surface area (Å²) in [6.45, 7) is 3.36. The molecule has 0 radical (unpaired) electrons. The minimum absolute atomic E-state index is 0.0790. The van der Waals surface area contributed by atoms with E-state index in [-0.39, 0.29) is 16.5 Å². The van der Waals surface area contributed by atoms with E-state index in [0.29, 0.717) is 5.56 Å². The van der Waals surface area contributed by atoms with Gasteiger partial charge in [-0.15, -0.1) is 11.8 Å². The normalized spacial score (nSPS) is 13.0. The highest BCUT2D eigenvalue weighted by atomic mass is 35.5. The fourth-order valence-corrected chi connectivity index (χ4v) is 2.92. The lowest BCUT2D eigenvalue weighted by atomic mass is 10.1. The second-order valence-corrected chi connectivity index (χ2v) is 6.74. The zero-order chi connectivity index (χ0) is 15.5. The van der Waals surface area contributed by atoms with Crippen LogP contribution in [0, 0.1) is 10.1 Å². The van der Waals surface area contributed by atoms with Crippen LogP contribution in [-0.2, 0) is 10.5 Å². The van der Waals surface area contributed by atoms with Crippen molar-refractivity contribution in [2.45, 2.75) is 30.4 Å². The molecule has 0 aliphatic rings. The number of aliphatic carboxylic acids is 1. The van der Waals surface area contributed by atoms with Gasteiger partial charge in [-0.3, -0.25) is 14.9 Å². The van der Waals surface area contributed by atoms with Gasteiger partial charge >= 0.3 is 5.97 Å². The molecule has 0 bridgehead atoms. The van der Waals surface area contributed by atoms with Crippen LogP contribution in [-0.4, -0.2) is 26.8 Å². The van der Waals surface area contributed by atoms with E-state index in [9.17, 15) is 14.9 Å². The molecule has 1 aromatic rings. The van der Waals surface area contributed by atoms with Gasteiger partial charge in [-0.05, 0) is 19.9 Å². The van der Waals surface area contributed by atoms with Gasteiger partial charge < -0.3 is 10.8 Å². The highest BCUT2D eigenvalue weighted by Gasteiger charge is 2.33. The van der Waals surface area contributed by atoms with Crippen molar-refractivity contribution in [3.05, 3.63) is 38.9 Å². The highest BCUT2D eigenvalue weighted by molar-refractivity contribution is 7.99. The zero-order valence-electron chi connectivity index (χ0n) is 11.0. The van der Waals surface area contributed by atoms with E-state index in [0.717, 1.165) is 0 Å². The molecule has 0 unspecified atom stereocenters. The van der Waals surface area contributed by atoms with Gasteiger partial charge in [-0.25, -0.2) is 0 Å². The van der Waals surface area contributed by atoms with Crippen molar-refractivity contribution in [2.24, 2.45) is 5.73 Å². The van der Waals surface area contributed by atoms with Crippen LogP contribution in [0.4, 0.5) is 5.69 Å². The SMILES string of the molecule is CC(C)(SCc1c(Cl)cccc1[N+](=O)[O-])[C@@H](N)C(=O)O. The number of hydrogen-bond donors (Lipinski definition) is 2. The van der Waals surface area contributed by atoms with Crippen LogP contribution in [0.15, 0.2) is 18.2 Å². The quantitative estimate of drug-likeness (QED) is 0.617. The largest absolute Gasteiger partial charge is 0.480 e. The predicted octanol–water partition coefficient (Wildman–Crippen LogP) is 2.67. The van der Waals surface area contributed by atoms with E-state index >= 15 is 0 Å². The first-order chi connectivity index (χ1) is 9.16. The molecule has 0 saturated heterocycles. The topological polar surface area (TPSA) is 106 Å². The number of benzene rings is 1. The average molecular weight is 319 g/mol. The summed E-state index contributed by atoms with van der Waals surface area (Å²) in [5, 5.41) is 20.2. The number of carboxylic acid groups (broad SMARTS) is 1. The number of carbonyl (C=O) groups is 1. The first-order valence-corrected chi connectivity index (χ1v) is 7.07. The fraction of sp³-hybridized carbons (Fsp3) is 0.417. The summed E-state index contributed by atoms with van der Waals surface area (Å²) in [4.78, 5) is 21.4. The lowest BCUT2D eigenvalue weighted by Crippen LogP contribution is -2.46. The number of halogens is 1. The van der Waals surface area contributed by atoms with E-state index in [2.05, 4.69) is 0 Å². The predicted molar refractivity (Wildman–Crippen MR) is 79.1 cm³/mol. The van der Waals surface area contributed by atoms with Crippen LogP contribution in [0.5, 0.6) is 0 Å². The Morgan fingerprint density at radius 1 is 1.60 bits per heavy atom. The fourth-order valence-electron chi connectivity index (χ4n) is 1.51. The molecule has 6 nitrogen and oxygen atoms in total. The minimum Gasteiger partial charge on any atom is -0.480 e. The maximum absolute atomic E-state index is 11.0. The number of rotatable bonds is 6. The van der Waals surface area contributed by atoms with Crippen molar-refractivity contribution in [3.63, 3.8) is 0 Å². The lowest BCUT2D eigenvalue weighted by Gasteiger charge is -2.28. The van der Waals surface area contributed by atoms with Gasteiger partial charge in [0.15, 0.2) is 0 Å². The average Bonchev–Trinajstić information content (AvgIpc) is 2.35. The molecule has 0 aliphatic carbocycles. The molecule has 0 heterocycles. The standard InChI is InChI=1S/C12H15ClN2O4S/c1-12(2,10(14)11(16)17)20-6-7-8(13)4-3-5-9(7)15(18)19/h3-5,10H,6,14H2,1-2H3,(H,16,17)/t10-/m0/s1. The molecule has 8 heteroatoms. The second-order valence-electron chi connectivity index (χ2n) is 4.70. The molecule has 1 atom stereocenters. The molecule has 3 N–H and O–H groups in total.